The summed E-state index contributed by atoms with van der Waals surface area (Å²) in [4.78, 5) is 4.89. The van der Waals surface area contributed by atoms with Gasteiger partial charge in [0.2, 0.25) is 0 Å². The quantitative estimate of drug-likeness (QED) is 0.908. The monoisotopic (exact) mass is 327 g/mol. The minimum atomic E-state index is -0.669. The Labute approximate surface area is 119 Å². The number of thiazole rings is 1. The van der Waals surface area contributed by atoms with Crippen LogP contribution in [0.3, 0.4) is 0 Å². The molecule has 1 N–H and O–H groups in total. The van der Waals surface area contributed by atoms with Gasteiger partial charge in [0.15, 0.2) is 0 Å². The van der Waals surface area contributed by atoms with E-state index in [-0.39, 0.29) is 0 Å². The first kappa shape index (κ1) is 13.5. The van der Waals surface area contributed by atoms with Gasteiger partial charge in [-0.1, -0.05) is 19.1 Å². The Hall–Kier alpha value is -0.910. The number of aliphatic hydroxyl groups excluding tert-OH is 1. The van der Waals surface area contributed by atoms with Crippen LogP contribution in [0.25, 0.3) is 0 Å². The lowest BCUT2D eigenvalue weighted by atomic mass is 10.1. The number of halogens is 1. The van der Waals surface area contributed by atoms with Crippen LogP contribution in [0.4, 0.5) is 0 Å². The second-order valence-electron chi connectivity index (χ2n) is 3.83. The first-order chi connectivity index (χ1) is 8.72. The third-order valence-corrected chi connectivity index (χ3v) is 4.22. The van der Waals surface area contributed by atoms with Crippen LogP contribution in [-0.4, -0.2) is 16.7 Å². The van der Waals surface area contributed by atoms with Crippen LogP contribution < -0.4 is 4.74 Å². The van der Waals surface area contributed by atoms with E-state index in [2.05, 4.69) is 27.8 Å². The van der Waals surface area contributed by atoms with E-state index in [0.29, 0.717) is 11.2 Å². The van der Waals surface area contributed by atoms with Gasteiger partial charge in [-0.3, -0.25) is 0 Å². The van der Waals surface area contributed by atoms with Crippen LogP contribution in [0, 0.1) is 0 Å². The Morgan fingerprint density at radius 2 is 2.33 bits per heavy atom. The lowest BCUT2D eigenvalue weighted by Gasteiger charge is -2.11. The molecule has 18 heavy (non-hydrogen) atoms. The number of hydrogen-bond acceptors (Lipinski definition) is 4. The minimum absolute atomic E-state index is 0.669. The highest BCUT2D eigenvalue weighted by Crippen LogP contribution is 2.32. The van der Waals surface area contributed by atoms with Crippen molar-refractivity contribution in [2.45, 2.75) is 19.4 Å². The molecule has 0 fully saturated rings. The van der Waals surface area contributed by atoms with E-state index in [9.17, 15) is 5.11 Å². The summed E-state index contributed by atoms with van der Waals surface area (Å²) in [6.07, 6.45) is 0.296. The summed E-state index contributed by atoms with van der Waals surface area (Å²) >= 11 is 4.76. The van der Waals surface area contributed by atoms with E-state index < -0.39 is 6.10 Å². The van der Waals surface area contributed by atoms with E-state index in [1.807, 2.05) is 24.3 Å². The molecule has 1 unspecified atom stereocenters. The SMILES string of the molecule is CCCOc1cccc(C(O)c2scnc2Br)c1. The maximum Gasteiger partial charge on any atom is 0.123 e. The van der Waals surface area contributed by atoms with Crippen molar-refractivity contribution in [3.63, 3.8) is 0 Å². The molecule has 1 atom stereocenters. The van der Waals surface area contributed by atoms with E-state index in [4.69, 9.17) is 4.74 Å². The van der Waals surface area contributed by atoms with Crippen molar-refractivity contribution in [1.82, 2.24) is 4.98 Å². The van der Waals surface area contributed by atoms with E-state index in [1.165, 1.54) is 11.3 Å². The molecule has 0 saturated heterocycles. The summed E-state index contributed by atoms with van der Waals surface area (Å²) in [5, 5.41) is 10.3. The topological polar surface area (TPSA) is 42.4 Å². The van der Waals surface area contributed by atoms with Crippen molar-refractivity contribution in [1.29, 1.82) is 0 Å². The van der Waals surface area contributed by atoms with Crippen molar-refractivity contribution in [2.75, 3.05) is 6.61 Å². The zero-order valence-corrected chi connectivity index (χ0v) is 12.4. The molecule has 2 aromatic rings. The molecule has 3 nitrogen and oxygen atoms in total. The fraction of sp³-hybridized carbons (Fsp3) is 0.308. The van der Waals surface area contributed by atoms with Crippen molar-refractivity contribution in [3.8, 4) is 5.75 Å². The number of ether oxygens (including phenoxy) is 1. The van der Waals surface area contributed by atoms with Gasteiger partial charge in [-0.25, -0.2) is 4.98 Å². The second kappa shape index (κ2) is 6.31. The van der Waals surface area contributed by atoms with Gasteiger partial charge in [-0.05, 0) is 40.0 Å². The highest BCUT2D eigenvalue weighted by molar-refractivity contribution is 9.10. The van der Waals surface area contributed by atoms with Gasteiger partial charge in [0.1, 0.15) is 16.5 Å². The molecule has 5 heteroatoms. The minimum Gasteiger partial charge on any atom is -0.494 e. The summed E-state index contributed by atoms with van der Waals surface area (Å²) < 4.78 is 6.25. The summed E-state index contributed by atoms with van der Waals surface area (Å²) in [6.45, 7) is 2.75. The highest BCUT2D eigenvalue weighted by atomic mass is 79.9. The molecule has 0 aliphatic carbocycles. The molecular formula is C13H14BrNO2S. The fourth-order valence-electron chi connectivity index (χ4n) is 1.56. The predicted molar refractivity (Wildman–Crippen MR) is 76.1 cm³/mol. The Morgan fingerprint density at radius 1 is 1.50 bits per heavy atom. The number of nitrogens with zero attached hydrogens (tertiary/aromatic N) is 1. The fourth-order valence-corrected chi connectivity index (χ4v) is 2.99. The van der Waals surface area contributed by atoms with E-state index in [1.54, 1.807) is 5.51 Å². The summed E-state index contributed by atoms with van der Waals surface area (Å²) in [7, 11) is 0. The van der Waals surface area contributed by atoms with Gasteiger partial charge < -0.3 is 9.84 Å². The standard InChI is InChI=1S/C13H14BrNO2S/c1-2-6-17-10-5-3-4-9(7-10)11(16)12-13(14)15-8-18-12/h3-5,7-8,11,16H,2,6H2,1H3. The lowest BCUT2D eigenvalue weighted by molar-refractivity contribution is 0.222. The van der Waals surface area contributed by atoms with Gasteiger partial charge >= 0.3 is 0 Å². The van der Waals surface area contributed by atoms with E-state index in [0.717, 1.165) is 22.6 Å². The zero-order chi connectivity index (χ0) is 13.0. The van der Waals surface area contributed by atoms with Gasteiger partial charge in [-0.15, -0.1) is 11.3 Å². The Bertz CT molecular complexity index is 515. The van der Waals surface area contributed by atoms with Crippen molar-refractivity contribution >= 4 is 27.3 Å². The van der Waals surface area contributed by atoms with Crippen molar-refractivity contribution in [2.24, 2.45) is 0 Å². The summed E-state index contributed by atoms with van der Waals surface area (Å²) in [5.74, 6) is 0.786. The van der Waals surface area contributed by atoms with Crippen LogP contribution in [0.2, 0.25) is 0 Å². The van der Waals surface area contributed by atoms with Crippen LogP contribution in [0.1, 0.15) is 29.9 Å². The highest BCUT2D eigenvalue weighted by Gasteiger charge is 2.16. The first-order valence-corrected chi connectivity index (χ1v) is 7.39. The van der Waals surface area contributed by atoms with Gasteiger partial charge in [-0.2, -0.15) is 0 Å². The number of aliphatic hydroxyl groups is 1. The molecule has 0 radical (unpaired) electrons. The summed E-state index contributed by atoms with van der Waals surface area (Å²) in [6, 6.07) is 7.54. The molecule has 96 valence electrons. The van der Waals surface area contributed by atoms with Gasteiger partial charge in [0, 0.05) is 0 Å². The molecule has 2 rings (SSSR count). The van der Waals surface area contributed by atoms with Gasteiger partial charge in [0.25, 0.3) is 0 Å². The number of aromatic nitrogens is 1. The molecular weight excluding hydrogens is 314 g/mol. The molecule has 1 heterocycles. The third-order valence-electron chi connectivity index (χ3n) is 2.44. The van der Waals surface area contributed by atoms with Crippen LogP contribution in [0.15, 0.2) is 34.4 Å². The van der Waals surface area contributed by atoms with E-state index >= 15 is 0 Å². The molecule has 0 bridgehead atoms. The molecule has 0 aliphatic heterocycles. The molecule has 1 aromatic heterocycles. The van der Waals surface area contributed by atoms with Crippen molar-refractivity contribution < 1.29 is 9.84 Å². The second-order valence-corrected chi connectivity index (χ2v) is 5.47. The molecule has 0 spiro atoms. The largest absolute Gasteiger partial charge is 0.494 e. The number of rotatable bonds is 5. The van der Waals surface area contributed by atoms with Gasteiger partial charge in [0.05, 0.1) is 17.0 Å². The average Bonchev–Trinajstić information content (AvgIpc) is 2.82. The average molecular weight is 328 g/mol. The summed E-state index contributed by atoms with van der Waals surface area (Å²) in [5.41, 5.74) is 2.52. The zero-order valence-electron chi connectivity index (χ0n) is 9.97. The van der Waals surface area contributed by atoms with Crippen molar-refractivity contribution in [3.05, 3.63) is 44.8 Å². The predicted octanol–water partition coefficient (Wildman–Crippen LogP) is 3.78. The smallest absolute Gasteiger partial charge is 0.123 e. The maximum atomic E-state index is 10.3. The third kappa shape index (κ3) is 3.10. The number of hydrogen-bond donors (Lipinski definition) is 1. The van der Waals surface area contributed by atoms with Crippen LogP contribution in [-0.2, 0) is 0 Å². The molecule has 0 saturated carbocycles. The Morgan fingerprint density at radius 3 is 3.00 bits per heavy atom. The van der Waals surface area contributed by atoms with Crippen LogP contribution in [0.5, 0.6) is 5.75 Å². The number of benzene rings is 1. The van der Waals surface area contributed by atoms with Crippen LogP contribution >= 0.6 is 27.3 Å². The Balaban J connectivity index is 2.20. The normalized spacial score (nSPS) is 12.4. The lowest BCUT2D eigenvalue weighted by Crippen LogP contribution is -2.00. The molecule has 0 aliphatic rings. The molecule has 0 amide bonds. The first-order valence-electron chi connectivity index (χ1n) is 5.72. The molecule has 1 aromatic carbocycles. The Kier molecular flexibility index (Phi) is 4.74. The maximum absolute atomic E-state index is 10.3.